The van der Waals surface area contributed by atoms with Gasteiger partial charge < -0.3 is 19.9 Å². The second-order valence-electron chi connectivity index (χ2n) is 8.17. The Morgan fingerprint density at radius 2 is 1.71 bits per heavy atom. The molecule has 1 amide bonds. The maximum Gasteiger partial charge on any atom is 0.330 e. The van der Waals surface area contributed by atoms with E-state index < -0.39 is 11.9 Å². The normalized spacial score (nSPS) is 12.1. The van der Waals surface area contributed by atoms with Gasteiger partial charge in [-0.05, 0) is 49.0 Å². The number of ether oxygens (including phenoxy) is 2. The van der Waals surface area contributed by atoms with Gasteiger partial charge in [-0.15, -0.1) is 0 Å². The molecule has 0 heterocycles. The van der Waals surface area contributed by atoms with E-state index in [0.717, 1.165) is 74.8 Å². The Kier molecular flexibility index (Phi) is 15.6. The first kappa shape index (κ1) is 28.9. The molecule has 1 atom stereocenters. The van der Waals surface area contributed by atoms with Crippen molar-refractivity contribution in [3.05, 3.63) is 48.1 Å². The van der Waals surface area contributed by atoms with E-state index in [-0.39, 0.29) is 5.97 Å². The lowest BCUT2D eigenvalue weighted by atomic mass is 10.0. The third-order valence-electron chi connectivity index (χ3n) is 5.31. The monoisotopic (exact) mass is 473 g/mol. The van der Waals surface area contributed by atoms with Crippen molar-refractivity contribution >= 4 is 23.9 Å². The number of rotatable bonds is 18. The Bertz CT molecular complexity index is 785. The number of amides is 1. The fourth-order valence-corrected chi connectivity index (χ4v) is 3.17. The van der Waals surface area contributed by atoms with Crippen molar-refractivity contribution in [2.75, 3.05) is 19.8 Å². The Balaban J connectivity index is 2.17. The summed E-state index contributed by atoms with van der Waals surface area (Å²) in [7, 11) is 0. The summed E-state index contributed by atoms with van der Waals surface area (Å²) in [5.41, 5.74) is 0.905. The zero-order chi connectivity index (χ0) is 25.0. The molecule has 0 radical (unpaired) electrons. The smallest absolute Gasteiger partial charge is 0.330 e. The van der Waals surface area contributed by atoms with Crippen LogP contribution in [0.4, 0.5) is 0 Å². The average molecular weight is 474 g/mol. The molecule has 1 aromatic carbocycles. The summed E-state index contributed by atoms with van der Waals surface area (Å²) in [6, 6.07) is 7.56. The number of carboxylic acids is 1. The van der Waals surface area contributed by atoms with Crippen LogP contribution in [0.15, 0.2) is 42.5 Å². The van der Waals surface area contributed by atoms with Crippen LogP contribution in [-0.4, -0.2) is 42.7 Å². The first-order valence-electron chi connectivity index (χ1n) is 12.2. The first-order chi connectivity index (χ1) is 16.4. The van der Waals surface area contributed by atoms with Crippen molar-refractivity contribution in [3.8, 4) is 5.75 Å². The number of hydrogen-bond donors (Lipinski definition) is 2. The topological polar surface area (TPSA) is 102 Å². The summed E-state index contributed by atoms with van der Waals surface area (Å²) in [4.78, 5) is 33.6. The maximum absolute atomic E-state index is 12.0. The highest BCUT2D eigenvalue weighted by Crippen LogP contribution is 2.15. The van der Waals surface area contributed by atoms with Gasteiger partial charge in [-0.3, -0.25) is 4.79 Å². The second-order valence-corrected chi connectivity index (χ2v) is 8.17. The highest BCUT2D eigenvalue weighted by atomic mass is 16.5. The molecule has 0 aliphatic carbocycles. The molecular weight excluding hydrogens is 434 g/mol. The van der Waals surface area contributed by atoms with Crippen molar-refractivity contribution in [2.45, 2.75) is 65.2 Å². The van der Waals surface area contributed by atoms with Crippen molar-refractivity contribution in [1.29, 1.82) is 0 Å². The van der Waals surface area contributed by atoms with Crippen molar-refractivity contribution in [3.63, 3.8) is 0 Å². The first-order valence-corrected chi connectivity index (χ1v) is 12.2. The molecule has 34 heavy (non-hydrogen) atoms. The SMILES string of the molecule is CCCCC(CC)COC(=O)/C=C/c1ccc(OCCCCCCNC(=O)/C=C\C(=O)O)cc1. The largest absolute Gasteiger partial charge is 0.494 e. The lowest BCUT2D eigenvalue weighted by Crippen LogP contribution is -2.22. The molecule has 1 unspecified atom stereocenters. The van der Waals surface area contributed by atoms with Crippen LogP contribution in [0.3, 0.4) is 0 Å². The van der Waals surface area contributed by atoms with Crippen LogP contribution in [0, 0.1) is 5.92 Å². The van der Waals surface area contributed by atoms with Gasteiger partial charge in [0.1, 0.15) is 5.75 Å². The Labute approximate surface area is 203 Å². The van der Waals surface area contributed by atoms with E-state index in [2.05, 4.69) is 19.2 Å². The molecule has 0 fully saturated rings. The Morgan fingerprint density at radius 3 is 2.38 bits per heavy atom. The number of aliphatic carboxylic acids is 1. The summed E-state index contributed by atoms with van der Waals surface area (Å²) >= 11 is 0. The molecule has 7 nitrogen and oxygen atoms in total. The summed E-state index contributed by atoms with van der Waals surface area (Å²) in [6.07, 6.45) is 13.1. The molecular formula is C27H39NO6. The average Bonchev–Trinajstić information content (AvgIpc) is 2.83. The van der Waals surface area contributed by atoms with Crippen LogP contribution >= 0.6 is 0 Å². The highest BCUT2D eigenvalue weighted by molar-refractivity contribution is 5.93. The minimum Gasteiger partial charge on any atom is -0.494 e. The number of carboxylic acid groups (broad SMARTS) is 1. The summed E-state index contributed by atoms with van der Waals surface area (Å²) < 4.78 is 11.1. The highest BCUT2D eigenvalue weighted by Gasteiger charge is 2.08. The fourth-order valence-electron chi connectivity index (χ4n) is 3.17. The molecule has 0 bridgehead atoms. The van der Waals surface area contributed by atoms with Crippen LogP contribution in [0.25, 0.3) is 6.08 Å². The number of carbonyl (C=O) groups excluding carboxylic acids is 2. The van der Waals surface area contributed by atoms with Gasteiger partial charge >= 0.3 is 11.9 Å². The number of hydrogen-bond acceptors (Lipinski definition) is 5. The molecule has 1 aromatic rings. The van der Waals surface area contributed by atoms with E-state index in [1.807, 2.05) is 24.3 Å². The molecule has 0 aromatic heterocycles. The third kappa shape index (κ3) is 14.9. The lowest BCUT2D eigenvalue weighted by molar-refractivity contribution is -0.139. The van der Waals surface area contributed by atoms with Gasteiger partial charge in [0.2, 0.25) is 5.91 Å². The molecule has 0 saturated heterocycles. The number of nitrogens with one attached hydrogen (secondary N) is 1. The van der Waals surface area contributed by atoms with E-state index >= 15 is 0 Å². The van der Waals surface area contributed by atoms with Gasteiger partial charge in [0.15, 0.2) is 0 Å². The molecule has 2 N–H and O–H groups in total. The zero-order valence-corrected chi connectivity index (χ0v) is 20.5. The zero-order valence-electron chi connectivity index (χ0n) is 20.5. The Hall–Kier alpha value is -3.09. The van der Waals surface area contributed by atoms with Gasteiger partial charge in [0.05, 0.1) is 13.2 Å². The molecule has 0 aliphatic heterocycles. The van der Waals surface area contributed by atoms with Crippen LogP contribution in [-0.2, 0) is 19.1 Å². The van der Waals surface area contributed by atoms with Crippen molar-refractivity contribution in [2.24, 2.45) is 5.92 Å². The molecule has 0 spiro atoms. The van der Waals surface area contributed by atoms with Crippen LogP contribution in [0.1, 0.15) is 70.8 Å². The summed E-state index contributed by atoms with van der Waals surface area (Å²) in [5, 5.41) is 11.1. The van der Waals surface area contributed by atoms with Crippen LogP contribution in [0.5, 0.6) is 5.75 Å². The Morgan fingerprint density at radius 1 is 0.971 bits per heavy atom. The number of carbonyl (C=O) groups is 3. The minimum atomic E-state index is -1.14. The van der Waals surface area contributed by atoms with E-state index in [4.69, 9.17) is 14.6 Å². The standard InChI is InChI=1S/C27H39NO6/c1-3-5-10-22(4-2)21-34-27(32)18-13-23-11-14-24(15-12-23)33-20-9-7-6-8-19-28-25(29)16-17-26(30)31/h11-18,22H,3-10,19-21H2,1-2H3,(H,28,29)(H,30,31)/b17-16-,18-13+. The predicted molar refractivity (Wildman–Crippen MR) is 133 cm³/mol. The summed E-state index contributed by atoms with van der Waals surface area (Å²) in [6.45, 7) is 5.89. The van der Waals surface area contributed by atoms with E-state index in [1.54, 1.807) is 6.08 Å². The molecule has 7 heteroatoms. The number of benzene rings is 1. The van der Waals surface area contributed by atoms with Crippen LogP contribution in [0.2, 0.25) is 0 Å². The molecule has 0 aliphatic rings. The van der Waals surface area contributed by atoms with Crippen molar-refractivity contribution in [1.82, 2.24) is 5.32 Å². The molecule has 188 valence electrons. The molecule has 1 rings (SSSR count). The lowest BCUT2D eigenvalue weighted by Gasteiger charge is -2.13. The van der Waals surface area contributed by atoms with Gasteiger partial charge in [0.25, 0.3) is 0 Å². The quantitative estimate of drug-likeness (QED) is 0.174. The van der Waals surface area contributed by atoms with Gasteiger partial charge in [0, 0.05) is 24.8 Å². The van der Waals surface area contributed by atoms with Crippen molar-refractivity contribution < 1.29 is 29.0 Å². The summed E-state index contributed by atoms with van der Waals surface area (Å²) in [5.74, 6) is -0.638. The van der Waals surface area contributed by atoms with E-state index in [1.165, 1.54) is 6.08 Å². The van der Waals surface area contributed by atoms with E-state index in [0.29, 0.717) is 25.7 Å². The maximum atomic E-state index is 12.0. The fraction of sp³-hybridized carbons (Fsp3) is 0.519. The van der Waals surface area contributed by atoms with Crippen LogP contribution < -0.4 is 10.1 Å². The molecule has 0 saturated carbocycles. The second kappa shape index (κ2) is 18.3. The number of esters is 1. The van der Waals surface area contributed by atoms with Gasteiger partial charge in [-0.1, -0.05) is 58.1 Å². The third-order valence-corrected chi connectivity index (χ3v) is 5.31. The predicted octanol–water partition coefficient (Wildman–Crippen LogP) is 5.16. The minimum absolute atomic E-state index is 0.313. The number of unbranched alkanes of at least 4 members (excludes halogenated alkanes) is 4. The van der Waals surface area contributed by atoms with E-state index in [9.17, 15) is 14.4 Å². The van der Waals surface area contributed by atoms with Gasteiger partial charge in [-0.25, -0.2) is 9.59 Å². The van der Waals surface area contributed by atoms with Gasteiger partial charge in [-0.2, -0.15) is 0 Å².